The lowest BCUT2D eigenvalue weighted by Crippen LogP contribution is -2.34. The summed E-state index contributed by atoms with van der Waals surface area (Å²) in [4.78, 5) is 0. The molecule has 1 atom stereocenters. The first-order valence-corrected chi connectivity index (χ1v) is 6.63. The van der Waals surface area contributed by atoms with Gasteiger partial charge in [-0.25, -0.2) is 0 Å². The van der Waals surface area contributed by atoms with Crippen LogP contribution in [0.3, 0.4) is 0 Å². The predicted molar refractivity (Wildman–Crippen MR) is 72.9 cm³/mol. The highest BCUT2D eigenvalue weighted by atomic mass is 16.5. The second-order valence-electron chi connectivity index (χ2n) is 5.54. The summed E-state index contributed by atoms with van der Waals surface area (Å²) in [6.45, 7) is 4.02. The molecule has 0 aromatic heterocycles. The quantitative estimate of drug-likeness (QED) is 0.783. The summed E-state index contributed by atoms with van der Waals surface area (Å²) >= 11 is 0. The third kappa shape index (κ3) is 4.55. The van der Waals surface area contributed by atoms with E-state index in [2.05, 4.69) is 18.3 Å². The molecule has 0 radical (unpaired) electrons. The molecule has 1 aromatic carbocycles. The van der Waals surface area contributed by atoms with Crippen molar-refractivity contribution in [1.29, 1.82) is 5.26 Å². The van der Waals surface area contributed by atoms with E-state index in [0.717, 1.165) is 6.54 Å². The molecule has 102 valence electrons. The van der Waals surface area contributed by atoms with Crippen molar-refractivity contribution >= 4 is 0 Å². The zero-order chi connectivity index (χ0) is 13.7. The van der Waals surface area contributed by atoms with Gasteiger partial charge in [-0.05, 0) is 42.5 Å². The van der Waals surface area contributed by atoms with E-state index in [1.807, 2.05) is 0 Å². The van der Waals surface area contributed by atoms with Crippen LogP contribution in [0.15, 0.2) is 24.3 Å². The highest BCUT2D eigenvalue weighted by Gasteiger charge is 2.36. The third-order valence-corrected chi connectivity index (χ3v) is 3.46. The Morgan fingerprint density at radius 2 is 2.11 bits per heavy atom. The third-order valence-electron chi connectivity index (χ3n) is 3.46. The van der Waals surface area contributed by atoms with E-state index in [1.54, 1.807) is 24.3 Å². The van der Waals surface area contributed by atoms with Crippen LogP contribution in [0.1, 0.15) is 25.3 Å². The first-order chi connectivity index (χ1) is 9.11. The molecular formula is C15H20N2O2. The van der Waals surface area contributed by atoms with Crippen molar-refractivity contribution in [1.82, 2.24) is 5.32 Å². The van der Waals surface area contributed by atoms with Gasteiger partial charge in [0.2, 0.25) is 0 Å². The Morgan fingerprint density at radius 1 is 1.42 bits per heavy atom. The van der Waals surface area contributed by atoms with E-state index >= 15 is 0 Å². The van der Waals surface area contributed by atoms with Gasteiger partial charge in [0, 0.05) is 13.1 Å². The lowest BCUT2D eigenvalue weighted by molar-refractivity contribution is 0.105. The predicted octanol–water partition coefficient (Wildman–Crippen LogP) is 1.69. The van der Waals surface area contributed by atoms with Crippen LogP contribution in [0.2, 0.25) is 0 Å². The Hall–Kier alpha value is -1.57. The number of benzene rings is 1. The van der Waals surface area contributed by atoms with E-state index in [4.69, 9.17) is 10.00 Å². The van der Waals surface area contributed by atoms with E-state index in [9.17, 15) is 5.11 Å². The van der Waals surface area contributed by atoms with Crippen molar-refractivity contribution in [3.63, 3.8) is 0 Å². The van der Waals surface area contributed by atoms with Gasteiger partial charge in [0.25, 0.3) is 0 Å². The van der Waals surface area contributed by atoms with Gasteiger partial charge in [0.15, 0.2) is 0 Å². The first kappa shape index (κ1) is 13.9. The van der Waals surface area contributed by atoms with Crippen molar-refractivity contribution in [2.24, 2.45) is 5.41 Å². The van der Waals surface area contributed by atoms with Gasteiger partial charge >= 0.3 is 0 Å². The van der Waals surface area contributed by atoms with Gasteiger partial charge < -0.3 is 15.2 Å². The van der Waals surface area contributed by atoms with Gasteiger partial charge in [-0.15, -0.1) is 0 Å². The molecular weight excluding hydrogens is 240 g/mol. The molecule has 1 saturated carbocycles. The van der Waals surface area contributed by atoms with Crippen LogP contribution in [0.25, 0.3) is 0 Å². The number of nitrogens with one attached hydrogen (secondary N) is 1. The van der Waals surface area contributed by atoms with E-state index in [0.29, 0.717) is 23.3 Å². The number of hydrogen-bond acceptors (Lipinski definition) is 4. The Balaban J connectivity index is 1.64. The Labute approximate surface area is 114 Å². The Kier molecular flexibility index (Phi) is 4.41. The summed E-state index contributed by atoms with van der Waals surface area (Å²) in [5.41, 5.74) is 1.06. The molecule has 2 rings (SSSR count). The molecule has 4 nitrogen and oxygen atoms in total. The molecule has 0 amide bonds. The maximum absolute atomic E-state index is 9.79. The monoisotopic (exact) mass is 260 g/mol. The zero-order valence-corrected chi connectivity index (χ0v) is 11.2. The molecule has 1 aliphatic carbocycles. The molecule has 1 aliphatic rings. The van der Waals surface area contributed by atoms with Crippen LogP contribution >= 0.6 is 0 Å². The van der Waals surface area contributed by atoms with E-state index < -0.39 is 6.10 Å². The number of aliphatic hydroxyl groups excluding tert-OH is 1. The van der Waals surface area contributed by atoms with Gasteiger partial charge in [-0.2, -0.15) is 5.26 Å². The number of aliphatic hydroxyl groups is 1. The van der Waals surface area contributed by atoms with Gasteiger partial charge in [0.05, 0.1) is 11.6 Å². The van der Waals surface area contributed by atoms with Gasteiger partial charge in [-0.3, -0.25) is 0 Å². The topological polar surface area (TPSA) is 65.3 Å². The van der Waals surface area contributed by atoms with E-state index in [-0.39, 0.29) is 6.61 Å². The second-order valence-corrected chi connectivity index (χ2v) is 5.54. The molecule has 0 spiro atoms. The van der Waals surface area contributed by atoms with Crippen LogP contribution in [-0.4, -0.2) is 30.9 Å². The Morgan fingerprint density at radius 3 is 2.68 bits per heavy atom. The van der Waals surface area contributed by atoms with Crippen molar-refractivity contribution < 1.29 is 9.84 Å². The average molecular weight is 260 g/mol. The van der Waals surface area contributed by atoms with Crippen LogP contribution in [0.4, 0.5) is 0 Å². The number of ether oxygens (including phenoxy) is 1. The molecule has 1 aromatic rings. The largest absolute Gasteiger partial charge is 0.491 e. The summed E-state index contributed by atoms with van der Waals surface area (Å²) in [5.74, 6) is 0.673. The summed E-state index contributed by atoms with van der Waals surface area (Å²) in [6, 6.07) is 8.94. The molecule has 0 bridgehead atoms. The zero-order valence-electron chi connectivity index (χ0n) is 11.2. The molecule has 0 saturated heterocycles. The minimum Gasteiger partial charge on any atom is -0.491 e. The van der Waals surface area contributed by atoms with E-state index in [1.165, 1.54) is 12.8 Å². The highest BCUT2D eigenvalue weighted by Crippen LogP contribution is 2.43. The minimum absolute atomic E-state index is 0.260. The highest BCUT2D eigenvalue weighted by molar-refractivity contribution is 5.34. The van der Waals surface area contributed by atoms with Crippen LogP contribution in [-0.2, 0) is 0 Å². The van der Waals surface area contributed by atoms with Crippen molar-refractivity contribution in [3.05, 3.63) is 29.8 Å². The summed E-state index contributed by atoms with van der Waals surface area (Å²) in [7, 11) is 0. The molecule has 0 heterocycles. The summed E-state index contributed by atoms with van der Waals surface area (Å²) in [5, 5.41) is 21.7. The standard InChI is InChI=1S/C15H20N2O2/c1-15(6-7-15)11-17-9-13(18)10-19-14-4-2-12(8-16)3-5-14/h2-5,13,17-18H,6-7,9-11H2,1H3. The van der Waals surface area contributed by atoms with Crippen LogP contribution < -0.4 is 10.1 Å². The minimum atomic E-state index is -0.516. The number of rotatable bonds is 7. The lowest BCUT2D eigenvalue weighted by Gasteiger charge is -2.15. The average Bonchev–Trinajstić information content (AvgIpc) is 3.15. The fourth-order valence-corrected chi connectivity index (χ4v) is 1.81. The fourth-order valence-electron chi connectivity index (χ4n) is 1.81. The number of nitriles is 1. The second kappa shape index (κ2) is 6.05. The van der Waals surface area contributed by atoms with Crippen molar-refractivity contribution in [2.75, 3.05) is 19.7 Å². The normalized spacial score (nSPS) is 17.5. The summed E-state index contributed by atoms with van der Waals surface area (Å²) in [6.07, 6.45) is 2.04. The molecule has 0 aliphatic heterocycles. The molecule has 19 heavy (non-hydrogen) atoms. The van der Waals surface area contributed by atoms with Gasteiger partial charge in [0.1, 0.15) is 18.5 Å². The maximum atomic E-state index is 9.79. The van der Waals surface area contributed by atoms with Crippen molar-refractivity contribution in [2.45, 2.75) is 25.9 Å². The van der Waals surface area contributed by atoms with Crippen LogP contribution in [0.5, 0.6) is 5.75 Å². The smallest absolute Gasteiger partial charge is 0.119 e. The SMILES string of the molecule is CC1(CNCC(O)COc2ccc(C#N)cc2)CC1. The first-order valence-electron chi connectivity index (χ1n) is 6.63. The molecule has 1 unspecified atom stereocenters. The van der Waals surface area contributed by atoms with Crippen molar-refractivity contribution in [3.8, 4) is 11.8 Å². The summed E-state index contributed by atoms with van der Waals surface area (Å²) < 4.78 is 5.47. The maximum Gasteiger partial charge on any atom is 0.119 e. The number of nitrogens with zero attached hydrogens (tertiary/aromatic N) is 1. The lowest BCUT2D eigenvalue weighted by atomic mass is 10.1. The fraction of sp³-hybridized carbons (Fsp3) is 0.533. The molecule has 4 heteroatoms. The molecule has 2 N–H and O–H groups in total. The Bertz CT molecular complexity index is 446. The number of hydrogen-bond donors (Lipinski definition) is 2. The van der Waals surface area contributed by atoms with Gasteiger partial charge in [-0.1, -0.05) is 6.92 Å². The van der Waals surface area contributed by atoms with Crippen LogP contribution in [0, 0.1) is 16.7 Å². The molecule has 1 fully saturated rings.